The van der Waals surface area contributed by atoms with Crippen LogP contribution in [0, 0.1) is 5.92 Å². The summed E-state index contributed by atoms with van der Waals surface area (Å²) in [4.78, 5) is 8.12. The number of nitrogen functional groups attached to an aromatic ring is 1. The molecule has 3 nitrogen and oxygen atoms in total. The molecule has 1 aromatic heterocycles. The zero-order valence-corrected chi connectivity index (χ0v) is 10.4. The van der Waals surface area contributed by atoms with E-state index in [9.17, 15) is 0 Å². The second-order valence-electron chi connectivity index (χ2n) is 5.12. The Morgan fingerprint density at radius 2 is 2.19 bits per heavy atom. The summed E-state index contributed by atoms with van der Waals surface area (Å²) in [6, 6.07) is 0.837. The average Bonchev–Trinajstić information content (AvgIpc) is 2.87. The van der Waals surface area contributed by atoms with Crippen LogP contribution in [-0.4, -0.2) is 22.5 Å². The number of rotatable bonds is 5. The molecule has 0 saturated heterocycles. The molecule has 3 rings (SSSR count). The van der Waals surface area contributed by atoms with Crippen molar-refractivity contribution in [3.05, 3.63) is 11.1 Å². The van der Waals surface area contributed by atoms with Crippen LogP contribution < -0.4 is 5.73 Å². The lowest BCUT2D eigenvalue weighted by Crippen LogP contribution is -2.40. The fourth-order valence-electron chi connectivity index (χ4n) is 2.32. The van der Waals surface area contributed by atoms with Gasteiger partial charge >= 0.3 is 0 Å². The van der Waals surface area contributed by atoms with E-state index in [1.807, 2.05) is 6.20 Å². The molecule has 0 spiro atoms. The third-order valence-electron chi connectivity index (χ3n) is 3.71. The van der Waals surface area contributed by atoms with Gasteiger partial charge in [0.05, 0.1) is 0 Å². The number of thiazole rings is 1. The monoisotopic (exact) mass is 237 g/mol. The maximum absolute atomic E-state index is 5.68. The molecule has 0 bridgehead atoms. The summed E-state index contributed by atoms with van der Waals surface area (Å²) >= 11 is 1.64. The first-order valence-corrected chi connectivity index (χ1v) is 7.07. The van der Waals surface area contributed by atoms with Gasteiger partial charge in [-0.15, -0.1) is 11.3 Å². The molecular weight excluding hydrogens is 218 g/mol. The molecule has 2 aliphatic carbocycles. The van der Waals surface area contributed by atoms with Gasteiger partial charge in [0.1, 0.15) is 0 Å². The van der Waals surface area contributed by atoms with E-state index in [4.69, 9.17) is 5.73 Å². The molecule has 2 fully saturated rings. The molecule has 0 unspecified atom stereocenters. The van der Waals surface area contributed by atoms with Crippen LogP contribution in [0.2, 0.25) is 0 Å². The smallest absolute Gasteiger partial charge is 0.180 e. The van der Waals surface area contributed by atoms with Crippen molar-refractivity contribution in [2.45, 2.75) is 44.7 Å². The van der Waals surface area contributed by atoms with Crippen LogP contribution in [0.1, 0.15) is 37.0 Å². The van der Waals surface area contributed by atoms with Gasteiger partial charge in [-0.25, -0.2) is 4.98 Å². The molecule has 0 radical (unpaired) electrons. The normalized spacial score (nSPS) is 21.3. The highest BCUT2D eigenvalue weighted by Crippen LogP contribution is 2.34. The number of nitrogens with two attached hydrogens (primary N) is 1. The molecule has 0 aliphatic heterocycles. The maximum atomic E-state index is 5.68. The van der Waals surface area contributed by atoms with Crippen LogP contribution in [0.3, 0.4) is 0 Å². The first-order chi connectivity index (χ1) is 7.81. The second-order valence-corrected chi connectivity index (χ2v) is 6.27. The van der Waals surface area contributed by atoms with Gasteiger partial charge in [-0.05, 0) is 31.6 Å². The lowest BCUT2D eigenvalue weighted by Gasteiger charge is -2.37. The van der Waals surface area contributed by atoms with Gasteiger partial charge < -0.3 is 5.73 Å². The Morgan fingerprint density at radius 1 is 1.38 bits per heavy atom. The van der Waals surface area contributed by atoms with E-state index >= 15 is 0 Å². The number of nitrogens with zero attached hydrogens (tertiary/aromatic N) is 2. The molecular formula is C12H19N3S. The number of hydrogen-bond acceptors (Lipinski definition) is 4. The van der Waals surface area contributed by atoms with Crippen molar-refractivity contribution >= 4 is 16.5 Å². The largest absolute Gasteiger partial charge is 0.375 e. The van der Waals surface area contributed by atoms with Crippen molar-refractivity contribution in [3.63, 3.8) is 0 Å². The second kappa shape index (κ2) is 4.34. The van der Waals surface area contributed by atoms with Crippen molar-refractivity contribution in [2.24, 2.45) is 5.92 Å². The molecule has 2 aliphatic rings. The van der Waals surface area contributed by atoms with E-state index in [1.165, 1.54) is 43.5 Å². The predicted molar refractivity (Wildman–Crippen MR) is 67.3 cm³/mol. The van der Waals surface area contributed by atoms with Crippen molar-refractivity contribution in [1.82, 2.24) is 9.88 Å². The molecule has 0 aromatic carbocycles. The van der Waals surface area contributed by atoms with E-state index in [0.29, 0.717) is 5.13 Å². The summed E-state index contributed by atoms with van der Waals surface area (Å²) in [5, 5.41) is 0.704. The standard InChI is InChI=1S/C12H19N3S/c13-12-14-6-11(16-12)8-15(7-9-4-5-9)10-2-1-3-10/h6,9-10H,1-5,7-8H2,(H2,13,14). The number of hydrogen-bond donors (Lipinski definition) is 1. The van der Waals surface area contributed by atoms with Gasteiger partial charge in [-0.1, -0.05) is 6.42 Å². The molecule has 16 heavy (non-hydrogen) atoms. The van der Waals surface area contributed by atoms with Gasteiger partial charge in [0, 0.05) is 30.2 Å². The van der Waals surface area contributed by atoms with Crippen LogP contribution in [-0.2, 0) is 6.54 Å². The first-order valence-electron chi connectivity index (χ1n) is 6.25. The fourth-order valence-corrected chi connectivity index (χ4v) is 3.03. The molecule has 2 N–H and O–H groups in total. The zero-order valence-electron chi connectivity index (χ0n) is 9.56. The highest BCUT2D eigenvalue weighted by Gasteiger charge is 2.31. The Balaban J connectivity index is 1.62. The maximum Gasteiger partial charge on any atom is 0.180 e. The molecule has 2 saturated carbocycles. The van der Waals surface area contributed by atoms with Crippen molar-refractivity contribution < 1.29 is 0 Å². The average molecular weight is 237 g/mol. The topological polar surface area (TPSA) is 42.1 Å². The minimum Gasteiger partial charge on any atom is -0.375 e. The van der Waals surface area contributed by atoms with Crippen LogP contribution in [0.25, 0.3) is 0 Å². The molecule has 1 aromatic rings. The summed E-state index contributed by atoms with van der Waals surface area (Å²) in [5.41, 5.74) is 5.68. The van der Waals surface area contributed by atoms with Crippen molar-refractivity contribution in [3.8, 4) is 0 Å². The minimum atomic E-state index is 0.704. The van der Waals surface area contributed by atoms with E-state index in [1.54, 1.807) is 11.3 Å². The summed E-state index contributed by atoms with van der Waals surface area (Å²) in [6.07, 6.45) is 9.01. The van der Waals surface area contributed by atoms with Crippen LogP contribution in [0.5, 0.6) is 0 Å². The highest BCUT2D eigenvalue weighted by molar-refractivity contribution is 7.15. The van der Waals surface area contributed by atoms with Gasteiger partial charge in [-0.2, -0.15) is 0 Å². The predicted octanol–water partition coefficient (Wildman–Crippen LogP) is 2.49. The Kier molecular flexibility index (Phi) is 2.86. The lowest BCUT2D eigenvalue weighted by molar-refractivity contribution is 0.115. The summed E-state index contributed by atoms with van der Waals surface area (Å²) in [6.45, 7) is 2.36. The third kappa shape index (κ3) is 2.38. The Bertz CT molecular complexity index is 355. The number of anilines is 1. The van der Waals surface area contributed by atoms with E-state index in [0.717, 1.165) is 18.5 Å². The summed E-state index contributed by atoms with van der Waals surface area (Å²) in [5.74, 6) is 0.978. The van der Waals surface area contributed by atoms with Crippen LogP contribution in [0.15, 0.2) is 6.20 Å². The van der Waals surface area contributed by atoms with E-state index in [-0.39, 0.29) is 0 Å². The van der Waals surface area contributed by atoms with Gasteiger partial charge in [0.15, 0.2) is 5.13 Å². The highest BCUT2D eigenvalue weighted by atomic mass is 32.1. The molecule has 0 amide bonds. The van der Waals surface area contributed by atoms with Gasteiger partial charge in [0.2, 0.25) is 0 Å². The molecule has 88 valence electrons. The SMILES string of the molecule is Nc1ncc(CN(CC2CC2)C2CCC2)s1. The Hall–Kier alpha value is -0.610. The lowest BCUT2D eigenvalue weighted by atomic mass is 9.91. The molecule has 1 heterocycles. The Morgan fingerprint density at radius 3 is 2.69 bits per heavy atom. The van der Waals surface area contributed by atoms with Crippen LogP contribution in [0.4, 0.5) is 5.13 Å². The Labute approximate surface area is 101 Å². The van der Waals surface area contributed by atoms with Crippen LogP contribution >= 0.6 is 11.3 Å². The fraction of sp³-hybridized carbons (Fsp3) is 0.750. The summed E-state index contributed by atoms with van der Waals surface area (Å²) in [7, 11) is 0. The van der Waals surface area contributed by atoms with Gasteiger partial charge in [-0.3, -0.25) is 4.90 Å². The van der Waals surface area contributed by atoms with Crippen molar-refractivity contribution in [1.29, 1.82) is 0 Å². The molecule has 0 atom stereocenters. The first kappa shape index (κ1) is 10.5. The zero-order chi connectivity index (χ0) is 11.0. The number of aromatic nitrogens is 1. The minimum absolute atomic E-state index is 0.704. The summed E-state index contributed by atoms with van der Waals surface area (Å²) < 4.78 is 0. The van der Waals surface area contributed by atoms with E-state index in [2.05, 4.69) is 9.88 Å². The van der Waals surface area contributed by atoms with E-state index < -0.39 is 0 Å². The van der Waals surface area contributed by atoms with Gasteiger partial charge in [0.25, 0.3) is 0 Å². The third-order valence-corrected chi connectivity index (χ3v) is 4.52. The quantitative estimate of drug-likeness (QED) is 0.855. The molecule has 4 heteroatoms. The van der Waals surface area contributed by atoms with Crippen molar-refractivity contribution in [2.75, 3.05) is 12.3 Å².